The van der Waals surface area contributed by atoms with Crippen molar-refractivity contribution in [3.63, 3.8) is 0 Å². The van der Waals surface area contributed by atoms with E-state index in [-0.39, 0.29) is 36.6 Å². The molecule has 2 N–H and O–H groups in total. The summed E-state index contributed by atoms with van der Waals surface area (Å²) in [5, 5.41) is 0. The number of amides is 2. The molecule has 6 nitrogen and oxygen atoms in total. The van der Waals surface area contributed by atoms with E-state index in [0.29, 0.717) is 13.1 Å². The Labute approximate surface area is 151 Å². The zero-order chi connectivity index (χ0) is 15.5. The Morgan fingerprint density at radius 1 is 1.04 bits per heavy atom. The van der Waals surface area contributed by atoms with E-state index >= 15 is 0 Å². The number of nitrogens with zero attached hydrogens (tertiary/aromatic N) is 3. The molecular weight excluding hydrogens is 339 g/mol. The first-order valence-corrected chi connectivity index (χ1v) is 8.08. The molecule has 0 spiro atoms. The minimum absolute atomic E-state index is 0. The minimum Gasteiger partial charge on any atom is -0.342 e. The summed E-state index contributed by atoms with van der Waals surface area (Å²) in [5.41, 5.74) is 5.42. The molecule has 23 heavy (non-hydrogen) atoms. The Balaban J connectivity index is 0.00000242. The Bertz CT molecular complexity index is 401. The summed E-state index contributed by atoms with van der Waals surface area (Å²) in [7, 11) is 0. The van der Waals surface area contributed by atoms with Crippen LogP contribution in [0.2, 0.25) is 0 Å². The van der Waals surface area contributed by atoms with Gasteiger partial charge in [0.2, 0.25) is 11.8 Å². The van der Waals surface area contributed by atoms with Crippen LogP contribution < -0.4 is 5.73 Å². The van der Waals surface area contributed by atoms with Gasteiger partial charge in [0.15, 0.2) is 0 Å². The Morgan fingerprint density at radius 2 is 1.65 bits per heavy atom. The second-order valence-corrected chi connectivity index (χ2v) is 6.14. The lowest BCUT2D eigenvalue weighted by Crippen LogP contribution is -2.47. The SMILES string of the molecule is CCN(CC)C(=O)CN1CCCN(C(=O)C2(N)CC2)CC1.Cl.Cl. The second-order valence-electron chi connectivity index (χ2n) is 6.14. The summed E-state index contributed by atoms with van der Waals surface area (Å²) in [4.78, 5) is 30.3. The molecule has 0 atom stereocenters. The highest BCUT2D eigenvalue weighted by Crippen LogP contribution is 2.34. The fourth-order valence-corrected chi connectivity index (χ4v) is 2.86. The van der Waals surface area contributed by atoms with Gasteiger partial charge in [-0.05, 0) is 33.1 Å². The number of likely N-dealkylation sites (N-methyl/N-ethyl adjacent to an activating group) is 1. The summed E-state index contributed by atoms with van der Waals surface area (Å²) < 4.78 is 0. The Morgan fingerprint density at radius 3 is 2.17 bits per heavy atom. The van der Waals surface area contributed by atoms with Gasteiger partial charge in [-0.1, -0.05) is 0 Å². The van der Waals surface area contributed by atoms with Crippen LogP contribution in [0.4, 0.5) is 0 Å². The maximum Gasteiger partial charge on any atom is 0.242 e. The number of carbonyl (C=O) groups is 2. The first-order valence-electron chi connectivity index (χ1n) is 8.08. The highest BCUT2D eigenvalue weighted by Gasteiger charge is 2.48. The van der Waals surface area contributed by atoms with Crippen molar-refractivity contribution in [1.29, 1.82) is 0 Å². The number of nitrogens with two attached hydrogens (primary N) is 1. The molecule has 0 aromatic heterocycles. The van der Waals surface area contributed by atoms with Gasteiger partial charge in [-0.3, -0.25) is 14.5 Å². The van der Waals surface area contributed by atoms with Gasteiger partial charge in [0, 0.05) is 39.3 Å². The molecule has 1 aliphatic carbocycles. The van der Waals surface area contributed by atoms with Gasteiger partial charge >= 0.3 is 0 Å². The lowest BCUT2D eigenvalue weighted by molar-refractivity contribution is -0.133. The van der Waals surface area contributed by atoms with Crippen molar-refractivity contribution >= 4 is 36.6 Å². The third kappa shape index (κ3) is 5.78. The summed E-state index contributed by atoms with van der Waals surface area (Å²) >= 11 is 0. The molecule has 1 saturated heterocycles. The third-order valence-corrected chi connectivity index (χ3v) is 4.57. The summed E-state index contributed by atoms with van der Waals surface area (Å²) in [6, 6.07) is 0. The van der Waals surface area contributed by atoms with Crippen LogP contribution in [0.1, 0.15) is 33.1 Å². The second kappa shape index (κ2) is 9.67. The first-order chi connectivity index (χ1) is 10.00. The standard InChI is InChI=1S/C15H28N4O2.2ClH/c1-3-18(4-2)13(20)12-17-8-5-9-19(11-10-17)14(21)15(16)6-7-15;;/h3-12,16H2,1-2H3;2*1H. The molecular formula is C15H30Cl2N4O2. The van der Waals surface area contributed by atoms with Crippen LogP contribution in [0.15, 0.2) is 0 Å². The highest BCUT2D eigenvalue weighted by molar-refractivity contribution is 5.89. The molecule has 2 amide bonds. The zero-order valence-corrected chi connectivity index (χ0v) is 15.8. The van der Waals surface area contributed by atoms with Crippen molar-refractivity contribution in [3.05, 3.63) is 0 Å². The third-order valence-electron chi connectivity index (χ3n) is 4.57. The predicted octanol–water partition coefficient (Wildman–Crippen LogP) is 0.724. The Hall–Kier alpha value is -0.560. The molecule has 2 rings (SSSR count). The quantitative estimate of drug-likeness (QED) is 0.776. The average molecular weight is 369 g/mol. The predicted molar refractivity (Wildman–Crippen MR) is 96.2 cm³/mol. The van der Waals surface area contributed by atoms with Gasteiger partial charge in [-0.2, -0.15) is 0 Å². The molecule has 136 valence electrons. The molecule has 0 bridgehead atoms. The zero-order valence-electron chi connectivity index (χ0n) is 14.1. The molecule has 0 radical (unpaired) electrons. The largest absolute Gasteiger partial charge is 0.342 e. The van der Waals surface area contributed by atoms with E-state index in [1.807, 2.05) is 23.6 Å². The molecule has 1 heterocycles. The van der Waals surface area contributed by atoms with Crippen molar-refractivity contribution < 1.29 is 9.59 Å². The van der Waals surface area contributed by atoms with Gasteiger partial charge in [0.25, 0.3) is 0 Å². The molecule has 0 aromatic carbocycles. The van der Waals surface area contributed by atoms with Gasteiger partial charge in [-0.15, -0.1) is 24.8 Å². The summed E-state index contributed by atoms with van der Waals surface area (Å²) in [6.07, 6.45) is 2.53. The smallest absolute Gasteiger partial charge is 0.242 e. The molecule has 2 fully saturated rings. The summed E-state index contributed by atoms with van der Waals surface area (Å²) in [5.74, 6) is 0.275. The molecule has 0 unspecified atom stereocenters. The van der Waals surface area contributed by atoms with E-state index in [2.05, 4.69) is 4.90 Å². The molecule has 8 heteroatoms. The van der Waals surface area contributed by atoms with Crippen LogP contribution in [0.3, 0.4) is 0 Å². The number of halogens is 2. The fraction of sp³-hybridized carbons (Fsp3) is 0.867. The monoisotopic (exact) mass is 368 g/mol. The van der Waals surface area contributed by atoms with E-state index in [9.17, 15) is 9.59 Å². The van der Waals surface area contributed by atoms with Crippen molar-refractivity contribution in [3.8, 4) is 0 Å². The fourth-order valence-electron chi connectivity index (χ4n) is 2.86. The number of rotatable bonds is 5. The lowest BCUT2D eigenvalue weighted by atomic mass is 10.2. The minimum atomic E-state index is -0.577. The van der Waals surface area contributed by atoms with Crippen molar-refractivity contribution in [1.82, 2.24) is 14.7 Å². The van der Waals surface area contributed by atoms with Crippen LogP contribution in [0, 0.1) is 0 Å². The number of hydrogen-bond acceptors (Lipinski definition) is 4. The van der Waals surface area contributed by atoms with E-state index in [4.69, 9.17) is 5.73 Å². The molecule has 0 aromatic rings. The highest BCUT2D eigenvalue weighted by atomic mass is 35.5. The van der Waals surface area contributed by atoms with Crippen LogP contribution in [0.5, 0.6) is 0 Å². The average Bonchev–Trinajstić information content (AvgIpc) is 3.24. The Kier molecular flexibility index (Phi) is 9.43. The van der Waals surface area contributed by atoms with E-state index < -0.39 is 5.54 Å². The molecule has 1 aliphatic heterocycles. The first kappa shape index (κ1) is 22.4. The van der Waals surface area contributed by atoms with Crippen LogP contribution >= 0.6 is 24.8 Å². The number of carbonyl (C=O) groups excluding carboxylic acids is 2. The van der Waals surface area contributed by atoms with Crippen LogP contribution in [-0.4, -0.2) is 77.9 Å². The van der Waals surface area contributed by atoms with Crippen molar-refractivity contribution in [2.75, 3.05) is 45.8 Å². The maximum absolute atomic E-state index is 12.3. The molecule has 2 aliphatic rings. The van der Waals surface area contributed by atoms with Gasteiger partial charge in [-0.25, -0.2) is 0 Å². The molecule has 1 saturated carbocycles. The normalized spacial score (nSPS) is 19.9. The summed E-state index contributed by atoms with van der Waals surface area (Å²) in [6.45, 7) is 9.03. The van der Waals surface area contributed by atoms with E-state index in [0.717, 1.165) is 52.0 Å². The van der Waals surface area contributed by atoms with E-state index in [1.165, 1.54) is 0 Å². The topological polar surface area (TPSA) is 69.9 Å². The van der Waals surface area contributed by atoms with Gasteiger partial charge in [0.1, 0.15) is 0 Å². The van der Waals surface area contributed by atoms with Crippen LogP contribution in [0.25, 0.3) is 0 Å². The van der Waals surface area contributed by atoms with Crippen LogP contribution in [-0.2, 0) is 9.59 Å². The van der Waals surface area contributed by atoms with Gasteiger partial charge < -0.3 is 15.5 Å². The van der Waals surface area contributed by atoms with Crippen molar-refractivity contribution in [2.24, 2.45) is 5.73 Å². The van der Waals surface area contributed by atoms with Gasteiger partial charge in [0.05, 0.1) is 12.1 Å². The maximum atomic E-state index is 12.3. The lowest BCUT2D eigenvalue weighted by Gasteiger charge is -2.26. The number of hydrogen-bond donors (Lipinski definition) is 1. The van der Waals surface area contributed by atoms with Crippen molar-refractivity contribution in [2.45, 2.75) is 38.6 Å². The van der Waals surface area contributed by atoms with E-state index in [1.54, 1.807) is 0 Å².